The molecule has 0 radical (unpaired) electrons. The smallest absolute Gasteiger partial charge is 0.0540 e. The van der Waals surface area contributed by atoms with Gasteiger partial charge in [0.1, 0.15) is 0 Å². The predicted molar refractivity (Wildman–Crippen MR) is 174 cm³/mol. The van der Waals surface area contributed by atoms with E-state index in [-0.39, 0.29) is 0 Å². The number of aryl methyl sites for hydroxylation is 1. The molecule has 0 aromatic heterocycles. The standard InChI is InChI=1S/C39H29N/c1-28-13-21-36(22-14-28)40(39-12-6-10-31-7-4-5-11-38(31)39)37-23-18-29(19-24-37)15-16-30-17-20-34-26-32-8-2-3-9-33(32)27-35(34)25-30/h2-27H,1H3/b16-15+. The summed E-state index contributed by atoms with van der Waals surface area (Å²) >= 11 is 0. The molecule has 0 saturated carbocycles. The van der Waals surface area contributed by atoms with Gasteiger partial charge in [-0.15, -0.1) is 0 Å². The maximum absolute atomic E-state index is 2.35. The van der Waals surface area contributed by atoms with Crippen LogP contribution < -0.4 is 4.90 Å². The number of fused-ring (bicyclic) bond motifs is 3. The largest absolute Gasteiger partial charge is 0.310 e. The Labute approximate surface area is 235 Å². The molecular weight excluding hydrogens is 482 g/mol. The summed E-state index contributed by atoms with van der Waals surface area (Å²) in [5, 5.41) is 7.56. The van der Waals surface area contributed by atoms with Gasteiger partial charge in [0.05, 0.1) is 5.69 Å². The van der Waals surface area contributed by atoms with Crippen LogP contribution in [0.25, 0.3) is 44.5 Å². The number of rotatable bonds is 5. The third-order valence-electron chi connectivity index (χ3n) is 7.65. The zero-order valence-corrected chi connectivity index (χ0v) is 22.5. The first-order chi connectivity index (χ1) is 19.7. The third kappa shape index (κ3) is 4.63. The summed E-state index contributed by atoms with van der Waals surface area (Å²) < 4.78 is 0. The second kappa shape index (κ2) is 10.2. The predicted octanol–water partition coefficient (Wildman–Crippen LogP) is 11.1. The van der Waals surface area contributed by atoms with Crippen molar-refractivity contribution in [2.75, 3.05) is 4.90 Å². The molecule has 0 aliphatic heterocycles. The van der Waals surface area contributed by atoms with E-state index in [0.29, 0.717) is 0 Å². The molecule has 0 amide bonds. The van der Waals surface area contributed by atoms with Crippen LogP contribution in [0.5, 0.6) is 0 Å². The van der Waals surface area contributed by atoms with Crippen LogP contribution in [0.3, 0.4) is 0 Å². The third-order valence-corrected chi connectivity index (χ3v) is 7.65. The van der Waals surface area contributed by atoms with Crippen molar-refractivity contribution in [1.82, 2.24) is 0 Å². The Bertz CT molecular complexity index is 1990. The summed E-state index contributed by atoms with van der Waals surface area (Å²) in [6.07, 6.45) is 4.40. The van der Waals surface area contributed by atoms with E-state index in [1.165, 1.54) is 54.7 Å². The summed E-state index contributed by atoms with van der Waals surface area (Å²) in [4.78, 5) is 2.35. The summed E-state index contributed by atoms with van der Waals surface area (Å²) in [7, 11) is 0. The van der Waals surface area contributed by atoms with Crippen LogP contribution in [0.15, 0.2) is 146 Å². The Hall–Kier alpha value is -5.14. The molecule has 0 atom stereocenters. The highest BCUT2D eigenvalue weighted by Gasteiger charge is 2.15. The van der Waals surface area contributed by atoms with E-state index in [4.69, 9.17) is 0 Å². The molecule has 0 bridgehead atoms. The lowest BCUT2D eigenvalue weighted by Gasteiger charge is -2.27. The van der Waals surface area contributed by atoms with E-state index in [2.05, 4.69) is 170 Å². The van der Waals surface area contributed by atoms with Crippen LogP contribution in [0.1, 0.15) is 16.7 Å². The van der Waals surface area contributed by atoms with Crippen molar-refractivity contribution in [3.63, 3.8) is 0 Å². The van der Waals surface area contributed by atoms with Gasteiger partial charge in [-0.1, -0.05) is 115 Å². The maximum atomic E-state index is 2.35. The normalized spacial score (nSPS) is 11.5. The van der Waals surface area contributed by atoms with Crippen molar-refractivity contribution < 1.29 is 0 Å². The number of benzene rings is 7. The minimum Gasteiger partial charge on any atom is -0.310 e. The lowest BCUT2D eigenvalue weighted by atomic mass is 10.0. The molecule has 1 heteroatoms. The Morgan fingerprint density at radius 3 is 1.73 bits per heavy atom. The molecule has 1 nitrogen and oxygen atoms in total. The second-order valence-electron chi connectivity index (χ2n) is 10.4. The Balaban J connectivity index is 1.22. The van der Waals surface area contributed by atoms with Crippen molar-refractivity contribution in [3.05, 3.63) is 162 Å². The molecule has 0 unspecified atom stereocenters. The molecule has 7 aromatic carbocycles. The van der Waals surface area contributed by atoms with Gasteiger partial charge in [-0.05, 0) is 93.5 Å². The van der Waals surface area contributed by atoms with Crippen LogP contribution >= 0.6 is 0 Å². The van der Waals surface area contributed by atoms with Crippen molar-refractivity contribution >= 4 is 61.5 Å². The van der Waals surface area contributed by atoms with Crippen molar-refractivity contribution in [2.24, 2.45) is 0 Å². The van der Waals surface area contributed by atoms with Crippen LogP contribution in [-0.4, -0.2) is 0 Å². The number of anilines is 3. The fraction of sp³-hybridized carbons (Fsp3) is 0.0256. The minimum atomic E-state index is 1.13. The molecule has 0 N–H and O–H groups in total. The second-order valence-corrected chi connectivity index (χ2v) is 10.4. The van der Waals surface area contributed by atoms with Gasteiger partial charge in [-0.3, -0.25) is 0 Å². The fourth-order valence-electron chi connectivity index (χ4n) is 5.51. The Morgan fingerprint density at radius 2 is 0.975 bits per heavy atom. The van der Waals surface area contributed by atoms with E-state index in [0.717, 1.165) is 11.4 Å². The SMILES string of the molecule is Cc1ccc(N(c2ccc(/C=C/c3ccc4cc5ccccc5cc4c3)cc2)c2cccc3ccccc23)cc1. The van der Waals surface area contributed by atoms with Crippen molar-refractivity contribution in [1.29, 1.82) is 0 Å². The van der Waals surface area contributed by atoms with Crippen LogP contribution in [0.2, 0.25) is 0 Å². The summed E-state index contributed by atoms with van der Waals surface area (Å²) in [5.41, 5.74) is 7.08. The van der Waals surface area contributed by atoms with Crippen LogP contribution in [0.4, 0.5) is 17.1 Å². The molecular formula is C39H29N. The van der Waals surface area contributed by atoms with Crippen LogP contribution in [-0.2, 0) is 0 Å². The first-order valence-corrected chi connectivity index (χ1v) is 13.8. The minimum absolute atomic E-state index is 1.13. The topological polar surface area (TPSA) is 3.24 Å². The maximum Gasteiger partial charge on any atom is 0.0540 e. The van der Waals surface area contributed by atoms with E-state index < -0.39 is 0 Å². The molecule has 7 rings (SSSR count). The van der Waals surface area contributed by atoms with Gasteiger partial charge in [0, 0.05) is 16.8 Å². The average Bonchev–Trinajstić information content (AvgIpc) is 3.01. The van der Waals surface area contributed by atoms with E-state index in [1.54, 1.807) is 0 Å². The summed E-state index contributed by atoms with van der Waals surface area (Å²) in [6, 6.07) is 52.5. The van der Waals surface area contributed by atoms with Gasteiger partial charge >= 0.3 is 0 Å². The highest BCUT2D eigenvalue weighted by atomic mass is 15.1. The van der Waals surface area contributed by atoms with Gasteiger partial charge in [0.25, 0.3) is 0 Å². The van der Waals surface area contributed by atoms with E-state index >= 15 is 0 Å². The first kappa shape index (κ1) is 23.9. The van der Waals surface area contributed by atoms with E-state index in [9.17, 15) is 0 Å². The number of nitrogens with zero attached hydrogens (tertiary/aromatic N) is 1. The molecule has 0 saturated heterocycles. The lowest BCUT2D eigenvalue weighted by molar-refractivity contribution is 1.29. The average molecular weight is 512 g/mol. The Kier molecular flexibility index (Phi) is 6.11. The van der Waals surface area contributed by atoms with Gasteiger partial charge in [0.15, 0.2) is 0 Å². The van der Waals surface area contributed by atoms with Gasteiger partial charge in [-0.2, -0.15) is 0 Å². The number of hydrogen-bond acceptors (Lipinski definition) is 1. The molecule has 7 aromatic rings. The fourth-order valence-corrected chi connectivity index (χ4v) is 5.51. The highest BCUT2D eigenvalue weighted by molar-refractivity contribution is 6.00. The first-order valence-electron chi connectivity index (χ1n) is 13.8. The number of hydrogen-bond donors (Lipinski definition) is 0. The van der Waals surface area contributed by atoms with Crippen molar-refractivity contribution in [2.45, 2.75) is 6.92 Å². The lowest BCUT2D eigenvalue weighted by Crippen LogP contribution is -2.10. The van der Waals surface area contributed by atoms with Crippen LogP contribution in [0, 0.1) is 6.92 Å². The quantitative estimate of drug-likeness (QED) is 0.164. The molecule has 0 spiro atoms. The zero-order valence-electron chi connectivity index (χ0n) is 22.5. The molecule has 0 aliphatic rings. The van der Waals surface area contributed by atoms with Gasteiger partial charge in [0.2, 0.25) is 0 Å². The summed E-state index contributed by atoms with van der Waals surface area (Å²) in [5.74, 6) is 0. The molecule has 0 heterocycles. The zero-order chi connectivity index (χ0) is 26.9. The molecule has 0 fully saturated rings. The molecule has 190 valence electrons. The molecule has 40 heavy (non-hydrogen) atoms. The summed E-state index contributed by atoms with van der Waals surface area (Å²) in [6.45, 7) is 2.13. The van der Waals surface area contributed by atoms with E-state index in [1.807, 2.05) is 0 Å². The monoisotopic (exact) mass is 511 g/mol. The van der Waals surface area contributed by atoms with Gasteiger partial charge < -0.3 is 4.90 Å². The Morgan fingerprint density at radius 1 is 0.425 bits per heavy atom. The van der Waals surface area contributed by atoms with Crippen molar-refractivity contribution in [3.8, 4) is 0 Å². The van der Waals surface area contributed by atoms with Gasteiger partial charge in [-0.25, -0.2) is 0 Å². The highest BCUT2D eigenvalue weighted by Crippen LogP contribution is 2.39. The molecule has 0 aliphatic carbocycles.